The molecule has 5 nitrogen and oxygen atoms in total. The standard InChI is InChI=1S/C8H7Cl2N5S/c9-6-13-7(10)15-8(14-6)11-2-1-5-3-16-4-12-5/h3-4H,1-2H2,(H,11,13,14,15). The average Bonchev–Trinajstić information content (AvgIpc) is 2.69. The average molecular weight is 276 g/mol. The lowest BCUT2D eigenvalue weighted by Gasteiger charge is -2.03. The molecular formula is C8H7Cl2N5S. The summed E-state index contributed by atoms with van der Waals surface area (Å²) >= 11 is 12.8. The summed E-state index contributed by atoms with van der Waals surface area (Å²) in [6.07, 6.45) is 0.796. The summed E-state index contributed by atoms with van der Waals surface area (Å²) in [7, 11) is 0. The highest BCUT2D eigenvalue weighted by Gasteiger charge is 2.02. The van der Waals surface area contributed by atoms with Crippen LogP contribution in [0.25, 0.3) is 0 Å². The van der Waals surface area contributed by atoms with E-state index in [1.807, 2.05) is 5.38 Å². The lowest BCUT2D eigenvalue weighted by atomic mass is 10.3. The fourth-order valence-electron chi connectivity index (χ4n) is 1.07. The maximum atomic E-state index is 5.63. The summed E-state index contributed by atoms with van der Waals surface area (Å²) < 4.78 is 0. The molecule has 2 aromatic rings. The maximum absolute atomic E-state index is 5.63. The zero-order chi connectivity index (χ0) is 11.4. The van der Waals surface area contributed by atoms with Gasteiger partial charge in [-0.2, -0.15) is 15.0 Å². The number of hydrogen-bond acceptors (Lipinski definition) is 6. The van der Waals surface area contributed by atoms with Gasteiger partial charge in [0.2, 0.25) is 16.5 Å². The molecule has 2 rings (SSSR count). The third kappa shape index (κ3) is 3.26. The van der Waals surface area contributed by atoms with Crippen LogP contribution in [0.2, 0.25) is 10.6 Å². The molecule has 0 saturated heterocycles. The van der Waals surface area contributed by atoms with E-state index in [9.17, 15) is 0 Å². The topological polar surface area (TPSA) is 63.6 Å². The molecule has 0 unspecified atom stereocenters. The summed E-state index contributed by atoms with van der Waals surface area (Å²) in [5, 5.41) is 5.15. The predicted molar refractivity (Wildman–Crippen MR) is 64.2 cm³/mol. The molecule has 0 fully saturated rings. The Labute approximate surface area is 106 Å². The number of thiazole rings is 1. The second-order valence-corrected chi connectivity index (χ2v) is 4.25. The van der Waals surface area contributed by atoms with Crippen LogP contribution >= 0.6 is 34.5 Å². The van der Waals surface area contributed by atoms with E-state index >= 15 is 0 Å². The van der Waals surface area contributed by atoms with E-state index in [1.54, 1.807) is 16.8 Å². The van der Waals surface area contributed by atoms with Crippen LogP contribution in [-0.2, 0) is 6.42 Å². The van der Waals surface area contributed by atoms with E-state index in [1.165, 1.54) is 0 Å². The first-order chi connectivity index (χ1) is 7.74. The molecule has 2 aromatic heterocycles. The Bertz CT molecular complexity index is 441. The smallest absolute Gasteiger partial charge is 0.228 e. The number of halogens is 2. The fourth-order valence-corrected chi connectivity index (χ4v) is 2.02. The summed E-state index contributed by atoms with van der Waals surface area (Å²) in [4.78, 5) is 15.6. The second-order valence-electron chi connectivity index (χ2n) is 2.85. The Morgan fingerprint density at radius 1 is 1.19 bits per heavy atom. The Balaban J connectivity index is 1.89. The van der Waals surface area contributed by atoms with Crippen LogP contribution in [0.5, 0.6) is 0 Å². The third-order valence-corrected chi connectivity index (χ3v) is 2.70. The fraction of sp³-hybridized carbons (Fsp3) is 0.250. The van der Waals surface area contributed by atoms with E-state index in [0.29, 0.717) is 12.5 Å². The van der Waals surface area contributed by atoms with Crippen molar-refractivity contribution in [1.29, 1.82) is 0 Å². The molecule has 1 N–H and O–H groups in total. The molecule has 0 aliphatic rings. The van der Waals surface area contributed by atoms with Crippen molar-refractivity contribution in [2.24, 2.45) is 0 Å². The third-order valence-electron chi connectivity index (χ3n) is 1.73. The number of hydrogen-bond donors (Lipinski definition) is 1. The quantitative estimate of drug-likeness (QED) is 0.928. The molecule has 8 heteroatoms. The van der Waals surface area contributed by atoms with E-state index in [-0.39, 0.29) is 10.6 Å². The first-order valence-corrected chi connectivity index (χ1v) is 6.12. The van der Waals surface area contributed by atoms with Gasteiger partial charge in [0, 0.05) is 18.3 Å². The number of nitrogens with zero attached hydrogens (tertiary/aromatic N) is 4. The molecular weight excluding hydrogens is 269 g/mol. The van der Waals surface area contributed by atoms with Crippen LogP contribution < -0.4 is 5.32 Å². The summed E-state index contributed by atoms with van der Waals surface area (Å²) in [5.41, 5.74) is 2.83. The van der Waals surface area contributed by atoms with Crippen molar-refractivity contribution >= 4 is 40.5 Å². The van der Waals surface area contributed by atoms with Crippen molar-refractivity contribution < 1.29 is 0 Å². The molecule has 0 radical (unpaired) electrons. The number of rotatable bonds is 4. The Kier molecular flexibility index (Phi) is 3.87. The zero-order valence-electron chi connectivity index (χ0n) is 8.02. The molecule has 0 aliphatic heterocycles. The van der Waals surface area contributed by atoms with Crippen LogP contribution in [0.3, 0.4) is 0 Å². The normalized spacial score (nSPS) is 10.4. The first-order valence-electron chi connectivity index (χ1n) is 4.42. The lowest BCUT2D eigenvalue weighted by molar-refractivity contribution is 0.940. The molecule has 0 bridgehead atoms. The summed E-state index contributed by atoms with van der Waals surface area (Å²) in [5.74, 6) is 0.375. The number of nitrogens with one attached hydrogen (secondary N) is 1. The molecule has 0 spiro atoms. The van der Waals surface area contributed by atoms with Gasteiger partial charge < -0.3 is 5.32 Å². The van der Waals surface area contributed by atoms with Crippen molar-refractivity contribution in [2.45, 2.75) is 6.42 Å². The minimum Gasteiger partial charge on any atom is -0.354 e. The van der Waals surface area contributed by atoms with Crippen LogP contribution in [0.1, 0.15) is 5.69 Å². The van der Waals surface area contributed by atoms with Gasteiger partial charge in [0.25, 0.3) is 0 Å². The van der Waals surface area contributed by atoms with Gasteiger partial charge in [0.05, 0.1) is 11.2 Å². The van der Waals surface area contributed by atoms with Crippen molar-refractivity contribution in [1.82, 2.24) is 19.9 Å². The van der Waals surface area contributed by atoms with Gasteiger partial charge in [-0.15, -0.1) is 11.3 Å². The molecule has 0 aliphatic carbocycles. The molecule has 0 aromatic carbocycles. The molecule has 0 saturated carbocycles. The molecule has 2 heterocycles. The highest BCUT2D eigenvalue weighted by molar-refractivity contribution is 7.07. The number of aromatic nitrogens is 4. The van der Waals surface area contributed by atoms with E-state index in [4.69, 9.17) is 23.2 Å². The van der Waals surface area contributed by atoms with E-state index in [2.05, 4.69) is 25.3 Å². The summed E-state index contributed by atoms with van der Waals surface area (Å²) in [6, 6.07) is 0. The second kappa shape index (κ2) is 5.38. The monoisotopic (exact) mass is 275 g/mol. The van der Waals surface area contributed by atoms with Crippen molar-refractivity contribution in [2.75, 3.05) is 11.9 Å². The Morgan fingerprint density at radius 2 is 1.94 bits per heavy atom. The Morgan fingerprint density at radius 3 is 2.56 bits per heavy atom. The van der Waals surface area contributed by atoms with Crippen LogP contribution in [-0.4, -0.2) is 26.5 Å². The highest BCUT2D eigenvalue weighted by Crippen LogP contribution is 2.09. The van der Waals surface area contributed by atoms with Gasteiger partial charge in [-0.1, -0.05) is 0 Å². The molecule has 0 amide bonds. The van der Waals surface area contributed by atoms with Crippen LogP contribution in [0, 0.1) is 0 Å². The molecule has 84 valence electrons. The van der Waals surface area contributed by atoms with Crippen LogP contribution in [0.4, 0.5) is 5.95 Å². The minimum atomic E-state index is 0.0798. The van der Waals surface area contributed by atoms with E-state index < -0.39 is 0 Å². The minimum absolute atomic E-state index is 0.0798. The van der Waals surface area contributed by atoms with Gasteiger partial charge in [0.15, 0.2) is 0 Å². The lowest BCUT2D eigenvalue weighted by Crippen LogP contribution is -2.08. The molecule has 0 atom stereocenters. The van der Waals surface area contributed by atoms with Gasteiger partial charge in [0.1, 0.15) is 0 Å². The van der Waals surface area contributed by atoms with E-state index in [0.717, 1.165) is 12.1 Å². The molecule has 16 heavy (non-hydrogen) atoms. The summed E-state index contributed by atoms with van der Waals surface area (Å²) in [6.45, 7) is 0.667. The maximum Gasteiger partial charge on any atom is 0.228 e. The Hall–Kier alpha value is -0.980. The predicted octanol–water partition coefficient (Wildman–Crippen LogP) is 2.29. The van der Waals surface area contributed by atoms with Crippen LogP contribution in [0.15, 0.2) is 10.9 Å². The highest BCUT2D eigenvalue weighted by atomic mass is 35.5. The zero-order valence-corrected chi connectivity index (χ0v) is 10.4. The van der Waals surface area contributed by atoms with Crippen molar-refractivity contribution in [3.63, 3.8) is 0 Å². The van der Waals surface area contributed by atoms with Crippen molar-refractivity contribution in [3.8, 4) is 0 Å². The van der Waals surface area contributed by atoms with Gasteiger partial charge in [-0.3, -0.25) is 0 Å². The van der Waals surface area contributed by atoms with Crippen molar-refractivity contribution in [3.05, 3.63) is 27.2 Å². The first kappa shape index (κ1) is 11.5. The largest absolute Gasteiger partial charge is 0.354 e. The van der Waals surface area contributed by atoms with Gasteiger partial charge in [-0.25, -0.2) is 4.98 Å². The number of anilines is 1. The SMILES string of the molecule is Clc1nc(Cl)nc(NCCc2cscn2)n1. The van der Waals surface area contributed by atoms with Gasteiger partial charge in [-0.05, 0) is 23.2 Å². The van der Waals surface area contributed by atoms with Gasteiger partial charge >= 0.3 is 0 Å².